The fraction of sp³-hybridized carbons (Fsp3) is 0.500. The number of carbonyl (C=O) groups is 2. The van der Waals surface area contributed by atoms with Gasteiger partial charge in [0, 0.05) is 16.5 Å². The van der Waals surface area contributed by atoms with Crippen LogP contribution in [0.5, 0.6) is 0 Å². The minimum absolute atomic E-state index is 0.171. The fourth-order valence-electron chi connectivity index (χ4n) is 5.67. The maximum atomic E-state index is 13.2. The number of benzene rings is 1. The minimum atomic E-state index is -1.37. The molecule has 2 heterocycles. The van der Waals surface area contributed by atoms with E-state index in [4.69, 9.17) is 21.2 Å². The maximum absolute atomic E-state index is 13.2. The van der Waals surface area contributed by atoms with Crippen LogP contribution < -0.4 is 0 Å². The van der Waals surface area contributed by atoms with E-state index in [0.29, 0.717) is 28.0 Å². The Morgan fingerprint density at radius 2 is 2.07 bits per heavy atom. The lowest BCUT2D eigenvalue weighted by atomic mass is 9.63. The van der Waals surface area contributed by atoms with E-state index in [2.05, 4.69) is 21.1 Å². The van der Waals surface area contributed by atoms with Crippen molar-refractivity contribution < 1.29 is 24.3 Å². The maximum Gasteiger partial charge on any atom is 0.354 e. The Labute approximate surface area is 187 Å². The van der Waals surface area contributed by atoms with Crippen LogP contribution in [0.1, 0.15) is 38.7 Å². The van der Waals surface area contributed by atoms with Crippen LogP contribution >= 0.6 is 27.5 Å². The third-order valence-corrected chi connectivity index (χ3v) is 9.02. The smallest absolute Gasteiger partial charge is 0.354 e. The van der Waals surface area contributed by atoms with Gasteiger partial charge in [0.15, 0.2) is 5.78 Å². The number of ether oxygens (including phenoxy) is 1. The first kappa shape index (κ1) is 20.2. The van der Waals surface area contributed by atoms with Crippen molar-refractivity contribution in [2.75, 3.05) is 0 Å². The van der Waals surface area contributed by atoms with E-state index in [-0.39, 0.29) is 18.1 Å². The predicted octanol–water partition coefficient (Wildman–Crippen LogP) is 3.81. The van der Waals surface area contributed by atoms with Crippen LogP contribution in [0.3, 0.4) is 0 Å². The lowest BCUT2D eigenvalue weighted by Crippen LogP contribution is -2.57. The van der Waals surface area contributed by atoms with E-state index in [1.807, 2.05) is 19.1 Å². The number of hydrogen-bond acceptors (Lipinski definition) is 6. The quantitative estimate of drug-likeness (QED) is 0.600. The van der Waals surface area contributed by atoms with Gasteiger partial charge in [0.2, 0.25) is 5.60 Å². The van der Waals surface area contributed by atoms with Gasteiger partial charge in [-0.3, -0.25) is 4.79 Å². The number of ketones is 1. The summed E-state index contributed by atoms with van der Waals surface area (Å²) in [5.74, 6) is -1.34. The second-order valence-electron chi connectivity index (χ2n) is 8.93. The highest BCUT2D eigenvalue weighted by molar-refractivity contribution is 9.10. The van der Waals surface area contributed by atoms with Crippen molar-refractivity contribution in [1.82, 2.24) is 0 Å². The molecule has 4 aliphatic rings. The van der Waals surface area contributed by atoms with Gasteiger partial charge in [0.05, 0.1) is 16.7 Å². The molecular formula is C22H21BrClNO5. The Hall–Kier alpha value is -1.70. The molecule has 2 fully saturated rings. The van der Waals surface area contributed by atoms with Crippen LogP contribution in [0, 0.1) is 17.3 Å². The van der Waals surface area contributed by atoms with Crippen molar-refractivity contribution in [2.24, 2.45) is 22.4 Å². The summed E-state index contributed by atoms with van der Waals surface area (Å²) in [6.45, 7) is 3.63. The number of hydrogen-bond donors (Lipinski definition) is 1. The molecule has 6 nitrogen and oxygen atoms in total. The Morgan fingerprint density at radius 3 is 2.83 bits per heavy atom. The molecule has 3 unspecified atom stereocenters. The van der Waals surface area contributed by atoms with Crippen molar-refractivity contribution >= 4 is 45.0 Å². The molecule has 5 rings (SSSR count). The monoisotopic (exact) mass is 493 g/mol. The van der Waals surface area contributed by atoms with Gasteiger partial charge in [-0.25, -0.2) is 4.79 Å². The van der Waals surface area contributed by atoms with Gasteiger partial charge >= 0.3 is 5.97 Å². The number of nitrogens with zero attached hydrogens (tertiary/aromatic N) is 1. The highest BCUT2D eigenvalue weighted by atomic mass is 79.9. The molecule has 6 atom stereocenters. The number of esters is 1. The number of carbonyl (C=O) groups excluding carboxylic acids is 2. The van der Waals surface area contributed by atoms with Crippen LogP contribution in [0.4, 0.5) is 0 Å². The summed E-state index contributed by atoms with van der Waals surface area (Å²) in [5.41, 5.74) is -2.59. The molecule has 158 valence electrons. The first-order valence-corrected chi connectivity index (χ1v) is 11.2. The van der Waals surface area contributed by atoms with Crippen LogP contribution in [-0.2, 0) is 19.2 Å². The molecule has 1 spiro atoms. The van der Waals surface area contributed by atoms with Crippen LogP contribution in [0.15, 0.2) is 40.0 Å². The highest BCUT2D eigenvalue weighted by Crippen LogP contribution is 2.59. The number of aliphatic hydroxyl groups is 1. The van der Waals surface area contributed by atoms with E-state index >= 15 is 0 Å². The molecule has 1 N–H and O–H groups in total. The molecule has 1 aromatic carbocycles. The van der Waals surface area contributed by atoms with E-state index in [9.17, 15) is 14.7 Å². The van der Waals surface area contributed by atoms with Crippen molar-refractivity contribution in [3.05, 3.63) is 45.4 Å². The second kappa shape index (κ2) is 6.40. The van der Waals surface area contributed by atoms with Gasteiger partial charge in [-0.1, -0.05) is 35.8 Å². The van der Waals surface area contributed by atoms with Gasteiger partial charge in [-0.2, -0.15) is 0 Å². The van der Waals surface area contributed by atoms with E-state index in [0.717, 1.165) is 5.56 Å². The summed E-state index contributed by atoms with van der Waals surface area (Å²) in [6, 6.07) is 5.42. The second-order valence-corrected chi connectivity index (χ2v) is 10.1. The lowest BCUT2D eigenvalue weighted by Gasteiger charge is -2.43. The van der Waals surface area contributed by atoms with Gasteiger partial charge < -0.3 is 14.7 Å². The third-order valence-electron chi connectivity index (χ3n) is 7.62. The Kier molecular flexibility index (Phi) is 4.32. The number of halogens is 2. The van der Waals surface area contributed by atoms with Crippen LogP contribution in [-0.4, -0.2) is 39.9 Å². The summed E-state index contributed by atoms with van der Waals surface area (Å²) in [7, 11) is 0. The molecule has 2 aliphatic carbocycles. The average molecular weight is 495 g/mol. The Morgan fingerprint density at radius 1 is 1.30 bits per heavy atom. The van der Waals surface area contributed by atoms with Crippen molar-refractivity contribution in [3.8, 4) is 0 Å². The first-order valence-electron chi connectivity index (χ1n) is 10.0. The zero-order valence-corrected chi connectivity index (χ0v) is 18.9. The van der Waals surface area contributed by atoms with E-state index < -0.39 is 34.6 Å². The molecule has 8 heteroatoms. The average Bonchev–Trinajstić information content (AvgIpc) is 3.33. The molecular weight excluding hydrogens is 474 g/mol. The Bertz CT molecular complexity index is 1040. The summed E-state index contributed by atoms with van der Waals surface area (Å²) < 4.78 is 6.51. The van der Waals surface area contributed by atoms with Crippen LogP contribution in [0.2, 0.25) is 5.02 Å². The summed E-state index contributed by atoms with van der Waals surface area (Å²) >= 11 is 9.71. The normalized spacial score (nSPS) is 41.9. The Balaban J connectivity index is 1.55. The molecule has 0 aromatic heterocycles. The SMILES string of the molecule is C[C@H]1CCC2C(OC(=O)C23CC(c2cccc(Cl)c2Br)=NO3)[C@]2(C)C(=O)C=C[C@@]12O. The summed E-state index contributed by atoms with van der Waals surface area (Å²) in [4.78, 5) is 31.9. The number of oxime groups is 1. The molecule has 30 heavy (non-hydrogen) atoms. The largest absolute Gasteiger partial charge is 0.458 e. The zero-order chi connectivity index (χ0) is 21.5. The van der Waals surface area contributed by atoms with Gasteiger partial charge in [0.25, 0.3) is 0 Å². The number of allylic oxidation sites excluding steroid dienone is 1. The molecule has 0 radical (unpaired) electrons. The van der Waals surface area contributed by atoms with Gasteiger partial charge in [-0.15, -0.1) is 0 Å². The van der Waals surface area contributed by atoms with Crippen molar-refractivity contribution in [2.45, 2.75) is 50.4 Å². The van der Waals surface area contributed by atoms with Crippen molar-refractivity contribution in [1.29, 1.82) is 0 Å². The molecule has 0 amide bonds. The number of fused-ring (bicyclic) bond motifs is 4. The van der Waals surface area contributed by atoms with E-state index in [1.165, 1.54) is 6.08 Å². The third kappa shape index (κ3) is 2.31. The summed E-state index contributed by atoms with van der Waals surface area (Å²) in [6.07, 6.45) is 3.62. The predicted molar refractivity (Wildman–Crippen MR) is 113 cm³/mol. The standard InChI is InChI=1S/C22H21BrClNO5/c1-11-6-7-13-18(20(2)16(26)8-9-22(11,20)28)29-19(27)21(13)10-15(25-30-21)12-4-3-5-14(24)17(12)23/h3-5,8-9,11,13,18,28H,6-7,10H2,1-2H3/t11-,13?,18?,20-,21?,22+/m0/s1. The lowest BCUT2D eigenvalue weighted by molar-refractivity contribution is -0.169. The number of rotatable bonds is 1. The summed E-state index contributed by atoms with van der Waals surface area (Å²) in [5, 5.41) is 16.2. The van der Waals surface area contributed by atoms with Crippen LogP contribution in [0.25, 0.3) is 0 Å². The molecule has 0 bridgehead atoms. The minimum Gasteiger partial charge on any atom is -0.458 e. The topological polar surface area (TPSA) is 85.2 Å². The zero-order valence-electron chi connectivity index (χ0n) is 16.5. The fourth-order valence-corrected chi connectivity index (χ4v) is 6.33. The molecule has 2 aliphatic heterocycles. The van der Waals surface area contributed by atoms with Crippen molar-refractivity contribution in [3.63, 3.8) is 0 Å². The van der Waals surface area contributed by atoms with Gasteiger partial charge in [0.1, 0.15) is 17.1 Å². The molecule has 1 saturated heterocycles. The van der Waals surface area contributed by atoms with Gasteiger partial charge in [-0.05, 0) is 59.8 Å². The first-order chi connectivity index (χ1) is 14.1. The molecule has 1 saturated carbocycles. The highest BCUT2D eigenvalue weighted by Gasteiger charge is 2.73. The van der Waals surface area contributed by atoms with E-state index in [1.54, 1.807) is 19.1 Å². The molecule has 1 aromatic rings.